The summed E-state index contributed by atoms with van der Waals surface area (Å²) >= 11 is 0. The van der Waals surface area contributed by atoms with E-state index >= 15 is 0 Å². The number of nitrogens with zero attached hydrogens (tertiary/aromatic N) is 2. The molecule has 3 amide bonds. The van der Waals surface area contributed by atoms with Crippen molar-refractivity contribution >= 4 is 23.6 Å². The zero-order valence-corrected chi connectivity index (χ0v) is 14.0. The standard InChI is InChI=1S/C17H21N3O5/c1-25-14-6-5-11(10-13(14)20-9-7-18-17(20)24)15(21)19-8-3-2-4-12(19)16(22)23/h5-6,10,12H,2-4,7-9H2,1H3,(H,18,24)(H,22,23). The second kappa shape index (κ2) is 7.00. The lowest BCUT2D eigenvalue weighted by Crippen LogP contribution is -2.48. The molecule has 0 radical (unpaired) electrons. The Kier molecular flexibility index (Phi) is 4.78. The molecule has 25 heavy (non-hydrogen) atoms. The van der Waals surface area contributed by atoms with Crippen LogP contribution in [0, 0.1) is 0 Å². The fraction of sp³-hybridized carbons (Fsp3) is 0.471. The zero-order valence-electron chi connectivity index (χ0n) is 14.0. The predicted molar refractivity (Wildman–Crippen MR) is 90.1 cm³/mol. The third-order valence-electron chi connectivity index (χ3n) is 4.62. The normalized spacial score (nSPS) is 20.4. The van der Waals surface area contributed by atoms with E-state index in [0.29, 0.717) is 43.1 Å². The third kappa shape index (κ3) is 3.24. The van der Waals surface area contributed by atoms with E-state index in [2.05, 4.69) is 5.32 Å². The quantitative estimate of drug-likeness (QED) is 0.855. The lowest BCUT2D eigenvalue weighted by molar-refractivity contribution is -0.143. The first-order valence-electron chi connectivity index (χ1n) is 8.30. The van der Waals surface area contributed by atoms with E-state index in [1.807, 2.05) is 0 Å². The van der Waals surface area contributed by atoms with E-state index in [0.717, 1.165) is 12.8 Å². The summed E-state index contributed by atoms with van der Waals surface area (Å²) in [6.07, 6.45) is 2.04. The molecule has 2 fully saturated rings. The monoisotopic (exact) mass is 347 g/mol. The smallest absolute Gasteiger partial charge is 0.326 e. The van der Waals surface area contributed by atoms with Gasteiger partial charge in [-0.25, -0.2) is 9.59 Å². The van der Waals surface area contributed by atoms with Crippen molar-refractivity contribution in [1.29, 1.82) is 0 Å². The zero-order chi connectivity index (χ0) is 18.0. The Hall–Kier alpha value is -2.77. The van der Waals surface area contributed by atoms with Crippen LogP contribution in [0.2, 0.25) is 0 Å². The van der Waals surface area contributed by atoms with Crippen LogP contribution in [0.25, 0.3) is 0 Å². The SMILES string of the molecule is COc1ccc(C(=O)N2CCCCC2C(=O)O)cc1N1CCNC1=O. The molecule has 1 aromatic rings. The maximum Gasteiger partial charge on any atom is 0.326 e. The molecule has 2 aliphatic heterocycles. The molecule has 8 nitrogen and oxygen atoms in total. The number of carbonyl (C=O) groups excluding carboxylic acids is 2. The summed E-state index contributed by atoms with van der Waals surface area (Å²) in [7, 11) is 1.50. The van der Waals surface area contributed by atoms with E-state index < -0.39 is 12.0 Å². The number of carboxylic acid groups (broad SMARTS) is 1. The van der Waals surface area contributed by atoms with Crippen LogP contribution in [-0.4, -0.2) is 60.7 Å². The van der Waals surface area contributed by atoms with Crippen molar-refractivity contribution in [2.75, 3.05) is 31.6 Å². The largest absolute Gasteiger partial charge is 0.495 e. The molecule has 134 valence electrons. The predicted octanol–water partition coefficient (Wildman–Crippen LogP) is 1.30. The highest BCUT2D eigenvalue weighted by Gasteiger charge is 2.33. The lowest BCUT2D eigenvalue weighted by Gasteiger charge is -2.33. The maximum absolute atomic E-state index is 12.9. The van der Waals surface area contributed by atoms with Gasteiger partial charge in [0.2, 0.25) is 0 Å². The van der Waals surface area contributed by atoms with Crippen molar-refractivity contribution in [1.82, 2.24) is 10.2 Å². The summed E-state index contributed by atoms with van der Waals surface area (Å²) in [5.41, 5.74) is 0.857. The molecule has 2 N–H and O–H groups in total. The molecule has 1 unspecified atom stereocenters. The van der Waals surface area contributed by atoms with Crippen molar-refractivity contribution in [3.8, 4) is 5.75 Å². The highest BCUT2D eigenvalue weighted by molar-refractivity contribution is 6.01. The minimum atomic E-state index is -0.985. The average molecular weight is 347 g/mol. The van der Waals surface area contributed by atoms with Crippen LogP contribution in [-0.2, 0) is 4.79 Å². The molecule has 0 aliphatic carbocycles. The van der Waals surface area contributed by atoms with Gasteiger partial charge in [-0.15, -0.1) is 0 Å². The van der Waals surface area contributed by atoms with Gasteiger partial charge < -0.3 is 20.1 Å². The fourth-order valence-electron chi connectivity index (χ4n) is 3.33. The number of methoxy groups -OCH3 is 1. The number of carboxylic acids is 1. The summed E-state index contributed by atoms with van der Waals surface area (Å²) < 4.78 is 5.30. The number of carbonyl (C=O) groups is 3. The van der Waals surface area contributed by atoms with Crippen LogP contribution in [0.3, 0.4) is 0 Å². The van der Waals surface area contributed by atoms with Crippen LogP contribution in [0.1, 0.15) is 29.6 Å². The molecule has 2 aliphatic rings. The van der Waals surface area contributed by atoms with Gasteiger partial charge in [-0.2, -0.15) is 0 Å². The van der Waals surface area contributed by atoms with Crippen LogP contribution in [0.15, 0.2) is 18.2 Å². The van der Waals surface area contributed by atoms with E-state index in [-0.39, 0.29) is 11.9 Å². The second-order valence-electron chi connectivity index (χ2n) is 6.12. The first-order chi connectivity index (χ1) is 12.0. The number of likely N-dealkylation sites (tertiary alicyclic amines) is 1. The summed E-state index contributed by atoms with van der Waals surface area (Å²) in [6, 6.07) is 3.78. The lowest BCUT2D eigenvalue weighted by atomic mass is 10.0. The molecular formula is C17H21N3O5. The summed E-state index contributed by atoms with van der Waals surface area (Å²) in [5, 5.41) is 12.1. The molecule has 8 heteroatoms. The number of benzene rings is 1. The number of rotatable bonds is 4. The Bertz CT molecular complexity index is 706. The van der Waals surface area contributed by atoms with Gasteiger partial charge in [0.1, 0.15) is 11.8 Å². The molecule has 0 bridgehead atoms. The number of hydrogen-bond donors (Lipinski definition) is 2. The van der Waals surface area contributed by atoms with Gasteiger partial charge in [0.25, 0.3) is 5.91 Å². The maximum atomic E-state index is 12.9. The van der Waals surface area contributed by atoms with Crippen molar-refractivity contribution in [2.24, 2.45) is 0 Å². The number of anilines is 1. The van der Waals surface area contributed by atoms with Crippen molar-refractivity contribution in [3.05, 3.63) is 23.8 Å². The van der Waals surface area contributed by atoms with Gasteiger partial charge in [0.15, 0.2) is 0 Å². The van der Waals surface area contributed by atoms with Crippen LogP contribution in [0.5, 0.6) is 5.75 Å². The van der Waals surface area contributed by atoms with Gasteiger partial charge in [0, 0.05) is 25.2 Å². The van der Waals surface area contributed by atoms with Crippen molar-refractivity contribution < 1.29 is 24.2 Å². The highest BCUT2D eigenvalue weighted by Crippen LogP contribution is 2.31. The molecule has 3 rings (SSSR count). The van der Waals surface area contributed by atoms with Gasteiger partial charge >= 0.3 is 12.0 Å². The van der Waals surface area contributed by atoms with Gasteiger partial charge in [-0.1, -0.05) is 0 Å². The number of aliphatic carboxylic acids is 1. The van der Waals surface area contributed by atoms with Gasteiger partial charge in [0.05, 0.1) is 12.8 Å². The topological polar surface area (TPSA) is 99.2 Å². The number of hydrogen-bond acceptors (Lipinski definition) is 4. The highest BCUT2D eigenvalue weighted by atomic mass is 16.5. The first-order valence-corrected chi connectivity index (χ1v) is 8.30. The molecular weight excluding hydrogens is 326 g/mol. The first kappa shape index (κ1) is 17.1. The summed E-state index contributed by atoms with van der Waals surface area (Å²) in [4.78, 5) is 39.2. The molecule has 2 saturated heterocycles. The molecule has 0 aromatic heterocycles. The number of ether oxygens (including phenoxy) is 1. The van der Waals surface area contributed by atoms with Crippen molar-refractivity contribution in [2.45, 2.75) is 25.3 Å². The third-order valence-corrected chi connectivity index (χ3v) is 4.62. The van der Waals surface area contributed by atoms with Crippen LogP contribution < -0.4 is 15.0 Å². The Labute approximate surface area is 145 Å². The van der Waals surface area contributed by atoms with E-state index in [4.69, 9.17) is 4.74 Å². The van der Waals surface area contributed by atoms with Gasteiger partial charge in [-0.3, -0.25) is 9.69 Å². The number of piperidine rings is 1. The summed E-state index contributed by atoms with van der Waals surface area (Å²) in [5.74, 6) is -0.835. The number of urea groups is 1. The van der Waals surface area contributed by atoms with Gasteiger partial charge in [-0.05, 0) is 37.5 Å². The Morgan fingerprint density at radius 2 is 2.08 bits per heavy atom. The minimum absolute atomic E-state index is 0.246. The van der Waals surface area contributed by atoms with E-state index in [9.17, 15) is 19.5 Å². The van der Waals surface area contributed by atoms with Crippen molar-refractivity contribution in [3.63, 3.8) is 0 Å². The number of amides is 3. The second-order valence-corrected chi connectivity index (χ2v) is 6.12. The van der Waals surface area contributed by atoms with Crippen LogP contribution in [0.4, 0.5) is 10.5 Å². The van der Waals surface area contributed by atoms with E-state index in [1.54, 1.807) is 18.2 Å². The Morgan fingerprint density at radius 3 is 2.72 bits per heavy atom. The molecule has 1 aromatic carbocycles. The summed E-state index contributed by atoms with van der Waals surface area (Å²) in [6.45, 7) is 1.42. The average Bonchev–Trinajstić information content (AvgIpc) is 3.06. The molecule has 2 heterocycles. The molecule has 1 atom stereocenters. The number of nitrogens with one attached hydrogen (secondary N) is 1. The Morgan fingerprint density at radius 1 is 1.28 bits per heavy atom. The molecule has 0 saturated carbocycles. The van der Waals surface area contributed by atoms with Crippen LogP contribution >= 0.6 is 0 Å². The molecule has 0 spiro atoms. The van der Waals surface area contributed by atoms with E-state index in [1.165, 1.54) is 16.9 Å². The fourth-order valence-corrected chi connectivity index (χ4v) is 3.33. The minimum Gasteiger partial charge on any atom is -0.495 e. The Balaban J connectivity index is 1.92.